The van der Waals surface area contributed by atoms with Crippen molar-refractivity contribution >= 4 is 5.91 Å². The Balaban J connectivity index is 1.25. The number of likely N-dealkylation sites (tertiary alicyclic amines) is 2. The molecular weight excluding hydrogens is 460 g/mol. The molecule has 0 saturated carbocycles. The number of nitrogens with zero attached hydrogens (tertiary/aromatic N) is 3. The van der Waals surface area contributed by atoms with Crippen LogP contribution in [0.3, 0.4) is 0 Å². The number of carbonyl (C=O) groups excluding carboxylic acids is 1. The van der Waals surface area contributed by atoms with E-state index in [9.17, 15) is 9.90 Å². The molecule has 3 aliphatic rings. The third-order valence-corrected chi connectivity index (χ3v) is 7.41. The van der Waals surface area contributed by atoms with Crippen LogP contribution in [0.4, 0.5) is 0 Å². The lowest BCUT2D eigenvalue weighted by Gasteiger charge is -2.36. The van der Waals surface area contributed by atoms with Crippen LogP contribution in [0.25, 0.3) is 0 Å². The van der Waals surface area contributed by atoms with Gasteiger partial charge in [0.25, 0.3) is 0 Å². The van der Waals surface area contributed by atoms with Crippen LogP contribution in [0.2, 0.25) is 0 Å². The molecule has 202 valence electrons. The molecule has 0 spiro atoms. The van der Waals surface area contributed by atoms with Crippen LogP contribution in [0.1, 0.15) is 38.7 Å². The Morgan fingerprint density at radius 3 is 2.58 bits per heavy atom. The molecule has 1 aromatic rings. The predicted molar refractivity (Wildman–Crippen MR) is 138 cm³/mol. The van der Waals surface area contributed by atoms with Crippen LogP contribution in [0, 0.1) is 0 Å². The minimum absolute atomic E-state index is 0.0404. The van der Waals surface area contributed by atoms with Crippen molar-refractivity contribution in [3.05, 3.63) is 23.8 Å². The number of amides is 1. The van der Waals surface area contributed by atoms with E-state index in [0.717, 1.165) is 89.8 Å². The zero-order chi connectivity index (χ0) is 25.4. The van der Waals surface area contributed by atoms with Crippen molar-refractivity contribution in [2.75, 3.05) is 78.8 Å². The number of hydrogen-bond acceptors (Lipinski definition) is 8. The van der Waals surface area contributed by atoms with Gasteiger partial charge in [0.15, 0.2) is 11.5 Å². The van der Waals surface area contributed by atoms with Crippen molar-refractivity contribution in [1.82, 2.24) is 20.0 Å². The third kappa shape index (κ3) is 8.05. The van der Waals surface area contributed by atoms with E-state index in [1.165, 1.54) is 5.56 Å². The smallest absolute Gasteiger partial charge is 0.217 e. The van der Waals surface area contributed by atoms with Crippen LogP contribution < -0.4 is 14.8 Å². The standard InChI is InChI=1S/C27H44N4O5/c1-3-35-26-18-23(4-5-25(26)36-17-14-29-12-15-34-16-13-29)19-31-11-8-27(33,21-31)20-30-9-6-24(7-10-30)28-22(2)32/h4-5,18,24,33H,3,6-17,19-21H2,1-2H3,(H,28,32)/t27-/m1/s1. The molecule has 4 rings (SSSR count). The van der Waals surface area contributed by atoms with Crippen LogP contribution in [-0.4, -0.2) is 116 Å². The van der Waals surface area contributed by atoms with E-state index in [0.29, 0.717) is 26.3 Å². The highest BCUT2D eigenvalue weighted by Crippen LogP contribution is 2.31. The summed E-state index contributed by atoms with van der Waals surface area (Å²) in [5.41, 5.74) is 0.478. The number of benzene rings is 1. The number of β-amino-alcohol motifs (C(OH)–C–C–N with tert-alkyl or cyclic N) is 1. The molecule has 1 aromatic carbocycles. The summed E-state index contributed by atoms with van der Waals surface area (Å²) in [7, 11) is 0. The molecule has 0 aromatic heterocycles. The number of morpholine rings is 1. The largest absolute Gasteiger partial charge is 0.490 e. The summed E-state index contributed by atoms with van der Waals surface area (Å²) in [5, 5.41) is 14.3. The summed E-state index contributed by atoms with van der Waals surface area (Å²) >= 11 is 0. The average Bonchev–Trinajstić information content (AvgIpc) is 3.22. The highest BCUT2D eigenvalue weighted by atomic mass is 16.5. The van der Waals surface area contributed by atoms with Gasteiger partial charge in [0.2, 0.25) is 5.91 Å². The Morgan fingerprint density at radius 1 is 1.08 bits per heavy atom. The Bertz CT molecular complexity index is 841. The van der Waals surface area contributed by atoms with Crippen molar-refractivity contribution in [3.63, 3.8) is 0 Å². The molecule has 9 heteroatoms. The molecule has 3 aliphatic heterocycles. The lowest BCUT2D eigenvalue weighted by atomic mass is 9.99. The van der Waals surface area contributed by atoms with Gasteiger partial charge in [-0.15, -0.1) is 0 Å². The average molecular weight is 505 g/mol. The quantitative estimate of drug-likeness (QED) is 0.467. The molecule has 36 heavy (non-hydrogen) atoms. The number of hydrogen-bond donors (Lipinski definition) is 2. The molecule has 0 bridgehead atoms. The van der Waals surface area contributed by atoms with E-state index in [1.807, 2.05) is 13.0 Å². The van der Waals surface area contributed by atoms with E-state index >= 15 is 0 Å². The number of nitrogens with one attached hydrogen (secondary N) is 1. The van der Waals surface area contributed by atoms with Crippen LogP contribution in [-0.2, 0) is 16.1 Å². The molecule has 3 fully saturated rings. The van der Waals surface area contributed by atoms with Crippen molar-refractivity contribution in [1.29, 1.82) is 0 Å². The number of ether oxygens (including phenoxy) is 3. The second-order valence-electron chi connectivity index (χ2n) is 10.5. The van der Waals surface area contributed by atoms with Gasteiger partial charge in [-0.3, -0.25) is 14.6 Å². The summed E-state index contributed by atoms with van der Waals surface area (Å²) in [6.45, 7) is 14.0. The Kier molecular flexibility index (Phi) is 9.84. The highest BCUT2D eigenvalue weighted by molar-refractivity contribution is 5.73. The second-order valence-corrected chi connectivity index (χ2v) is 10.5. The maximum absolute atomic E-state index is 11.3. The van der Waals surface area contributed by atoms with Gasteiger partial charge in [-0.1, -0.05) is 6.07 Å². The summed E-state index contributed by atoms with van der Waals surface area (Å²) in [6.07, 6.45) is 2.67. The lowest BCUT2D eigenvalue weighted by molar-refractivity contribution is -0.120. The summed E-state index contributed by atoms with van der Waals surface area (Å²) < 4.78 is 17.4. The van der Waals surface area contributed by atoms with Crippen molar-refractivity contribution in [2.45, 2.75) is 51.3 Å². The van der Waals surface area contributed by atoms with E-state index in [4.69, 9.17) is 14.2 Å². The molecule has 0 unspecified atom stereocenters. The first-order chi connectivity index (χ1) is 17.4. The molecule has 1 atom stereocenters. The molecule has 3 heterocycles. The molecule has 9 nitrogen and oxygen atoms in total. The van der Waals surface area contributed by atoms with E-state index in [1.54, 1.807) is 6.92 Å². The van der Waals surface area contributed by atoms with Crippen LogP contribution in [0.15, 0.2) is 18.2 Å². The summed E-state index contributed by atoms with van der Waals surface area (Å²) in [5.74, 6) is 1.61. The van der Waals surface area contributed by atoms with Gasteiger partial charge in [0, 0.05) is 71.9 Å². The number of piperidine rings is 1. The first-order valence-corrected chi connectivity index (χ1v) is 13.6. The maximum Gasteiger partial charge on any atom is 0.217 e. The lowest BCUT2D eigenvalue weighted by Crippen LogP contribution is -2.50. The Labute approximate surface area is 215 Å². The van der Waals surface area contributed by atoms with E-state index in [-0.39, 0.29) is 11.9 Å². The van der Waals surface area contributed by atoms with Gasteiger partial charge in [-0.25, -0.2) is 0 Å². The van der Waals surface area contributed by atoms with Gasteiger partial charge in [0.05, 0.1) is 25.4 Å². The highest BCUT2D eigenvalue weighted by Gasteiger charge is 2.38. The molecule has 1 amide bonds. The molecule has 0 aliphatic carbocycles. The minimum atomic E-state index is -0.688. The van der Waals surface area contributed by atoms with Crippen molar-refractivity contribution < 1.29 is 24.1 Å². The van der Waals surface area contributed by atoms with Gasteiger partial charge in [-0.2, -0.15) is 0 Å². The Hall–Kier alpha value is -1.91. The monoisotopic (exact) mass is 504 g/mol. The SMILES string of the molecule is CCOc1cc(CN2CC[C@@](O)(CN3CCC(NC(C)=O)CC3)C2)ccc1OCCN1CCOCC1. The normalized spacial score (nSPS) is 24.6. The van der Waals surface area contributed by atoms with Gasteiger partial charge < -0.3 is 29.5 Å². The number of carbonyl (C=O) groups is 1. The van der Waals surface area contributed by atoms with Crippen molar-refractivity contribution in [2.24, 2.45) is 0 Å². The molecule has 0 radical (unpaired) electrons. The van der Waals surface area contributed by atoms with E-state index in [2.05, 4.69) is 32.1 Å². The third-order valence-electron chi connectivity index (χ3n) is 7.41. The zero-order valence-corrected chi connectivity index (χ0v) is 22.0. The topological polar surface area (TPSA) is 86.7 Å². The first kappa shape index (κ1) is 27.1. The summed E-state index contributed by atoms with van der Waals surface area (Å²) in [6, 6.07) is 6.47. The van der Waals surface area contributed by atoms with E-state index < -0.39 is 5.60 Å². The number of aliphatic hydroxyl groups is 1. The molecule has 3 saturated heterocycles. The Morgan fingerprint density at radius 2 is 1.86 bits per heavy atom. The summed E-state index contributed by atoms with van der Waals surface area (Å²) in [4.78, 5) is 18.3. The number of rotatable bonds is 11. The second kappa shape index (κ2) is 13.1. The van der Waals surface area contributed by atoms with Gasteiger partial charge >= 0.3 is 0 Å². The fraction of sp³-hybridized carbons (Fsp3) is 0.741. The van der Waals surface area contributed by atoms with Gasteiger partial charge in [0.1, 0.15) is 6.61 Å². The van der Waals surface area contributed by atoms with Gasteiger partial charge in [-0.05, 0) is 43.9 Å². The fourth-order valence-electron chi connectivity index (χ4n) is 5.55. The van der Waals surface area contributed by atoms with Crippen LogP contribution >= 0.6 is 0 Å². The minimum Gasteiger partial charge on any atom is -0.490 e. The first-order valence-electron chi connectivity index (χ1n) is 13.6. The maximum atomic E-state index is 11.3. The van der Waals surface area contributed by atoms with Crippen LogP contribution in [0.5, 0.6) is 11.5 Å². The predicted octanol–water partition coefficient (Wildman–Crippen LogP) is 1.33. The van der Waals surface area contributed by atoms with Crippen molar-refractivity contribution in [3.8, 4) is 11.5 Å². The fourth-order valence-corrected chi connectivity index (χ4v) is 5.55. The zero-order valence-electron chi connectivity index (χ0n) is 22.0. The molecule has 2 N–H and O–H groups in total. The molecular formula is C27H44N4O5.